The van der Waals surface area contributed by atoms with Gasteiger partial charge in [-0.2, -0.15) is 5.10 Å². The van der Waals surface area contributed by atoms with E-state index in [9.17, 15) is 9.59 Å². The maximum Gasteiger partial charge on any atom is 0.254 e. The van der Waals surface area contributed by atoms with Crippen molar-refractivity contribution in [1.29, 1.82) is 0 Å². The monoisotopic (exact) mass is 414 g/mol. The fraction of sp³-hybridized carbons (Fsp3) is 0.320. The fourth-order valence-electron chi connectivity index (χ4n) is 4.58. The van der Waals surface area contributed by atoms with Gasteiger partial charge in [-0.05, 0) is 54.7 Å². The molecule has 3 heterocycles. The minimum atomic E-state index is 0.0371. The number of fused-ring (bicyclic) bond motifs is 2. The first-order valence-corrected chi connectivity index (χ1v) is 10.9. The Morgan fingerprint density at radius 3 is 2.81 bits per heavy atom. The van der Waals surface area contributed by atoms with Crippen molar-refractivity contribution in [2.24, 2.45) is 5.92 Å². The molecule has 2 N–H and O–H groups in total. The van der Waals surface area contributed by atoms with E-state index in [2.05, 4.69) is 41.2 Å². The van der Waals surface area contributed by atoms with Crippen molar-refractivity contribution in [1.82, 2.24) is 20.1 Å². The number of H-pyrrole nitrogens is 2. The van der Waals surface area contributed by atoms with Crippen LogP contribution in [-0.4, -0.2) is 38.3 Å². The second kappa shape index (κ2) is 7.69. The molecule has 1 aliphatic rings. The Morgan fingerprint density at radius 2 is 1.97 bits per heavy atom. The highest BCUT2D eigenvalue weighted by atomic mass is 16.2. The number of ketones is 1. The minimum absolute atomic E-state index is 0.0371. The third kappa shape index (κ3) is 3.63. The number of Topliss-reactive ketones (excluding diaryl/α,β-unsaturated/α-hetero) is 1. The molecule has 1 atom stereocenters. The van der Waals surface area contributed by atoms with Crippen LogP contribution in [0.2, 0.25) is 0 Å². The predicted octanol–water partition coefficient (Wildman–Crippen LogP) is 5.25. The van der Waals surface area contributed by atoms with E-state index >= 15 is 0 Å². The molecule has 2 aromatic carbocycles. The fourth-order valence-corrected chi connectivity index (χ4v) is 4.58. The highest BCUT2D eigenvalue weighted by molar-refractivity contribution is 6.00. The summed E-state index contributed by atoms with van der Waals surface area (Å²) in [4.78, 5) is 31.0. The molecule has 4 aromatic rings. The van der Waals surface area contributed by atoms with Crippen LogP contribution in [0.25, 0.3) is 21.8 Å². The van der Waals surface area contributed by atoms with Crippen molar-refractivity contribution in [3.63, 3.8) is 0 Å². The molecule has 1 amide bonds. The van der Waals surface area contributed by atoms with Gasteiger partial charge in [-0.15, -0.1) is 0 Å². The van der Waals surface area contributed by atoms with Crippen LogP contribution in [0.5, 0.6) is 0 Å². The summed E-state index contributed by atoms with van der Waals surface area (Å²) >= 11 is 0. The molecule has 0 radical (unpaired) electrons. The molecule has 0 aliphatic carbocycles. The summed E-state index contributed by atoms with van der Waals surface area (Å²) in [6.07, 6.45) is 4.19. The minimum Gasteiger partial charge on any atom is -0.352 e. The summed E-state index contributed by atoms with van der Waals surface area (Å²) in [7, 11) is 0. The Labute approximate surface area is 180 Å². The number of likely N-dealkylation sites (tertiary alicyclic amines) is 1. The molecule has 158 valence electrons. The molecule has 2 aromatic heterocycles. The first kappa shape index (κ1) is 19.5. The number of benzene rings is 2. The van der Waals surface area contributed by atoms with Gasteiger partial charge in [0.25, 0.3) is 5.91 Å². The van der Waals surface area contributed by atoms with E-state index in [1.807, 2.05) is 35.2 Å². The lowest BCUT2D eigenvalue weighted by molar-refractivity contribution is 0.0735. The summed E-state index contributed by atoms with van der Waals surface area (Å²) in [5.74, 6) is 0.513. The van der Waals surface area contributed by atoms with Crippen LogP contribution in [0.3, 0.4) is 0 Å². The molecule has 1 aliphatic heterocycles. The molecule has 1 saturated heterocycles. The van der Waals surface area contributed by atoms with Gasteiger partial charge in [0, 0.05) is 34.8 Å². The lowest BCUT2D eigenvalue weighted by Gasteiger charge is -2.25. The van der Waals surface area contributed by atoms with Crippen molar-refractivity contribution in [2.75, 3.05) is 6.54 Å². The van der Waals surface area contributed by atoms with Crippen molar-refractivity contribution in [3.05, 3.63) is 65.5 Å². The Balaban J connectivity index is 1.42. The van der Waals surface area contributed by atoms with Crippen molar-refractivity contribution >= 4 is 33.5 Å². The van der Waals surface area contributed by atoms with Crippen molar-refractivity contribution in [2.45, 2.75) is 39.2 Å². The zero-order valence-electron chi connectivity index (χ0n) is 17.8. The average Bonchev–Trinajstić information content (AvgIpc) is 3.50. The lowest BCUT2D eigenvalue weighted by Crippen LogP contribution is -2.30. The highest BCUT2D eigenvalue weighted by Crippen LogP contribution is 2.35. The lowest BCUT2D eigenvalue weighted by atomic mass is 10.0. The van der Waals surface area contributed by atoms with Gasteiger partial charge >= 0.3 is 0 Å². The van der Waals surface area contributed by atoms with E-state index in [0.29, 0.717) is 23.6 Å². The Bertz CT molecular complexity index is 1280. The first-order chi connectivity index (χ1) is 15.0. The second-order valence-electron chi connectivity index (χ2n) is 8.88. The average molecular weight is 415 g/mol. The number of hydrogen-bond acceptors (Lipinski definition) is 3. The number of aromatic amines is 2. The first-order valence-electron chi connectivity index (χ1n) is 10.9. The molecule has 0 bridgehead atoms. The normalized spacial score (nSPS) is 16.6. The van der Waals surface area contributed by atoms with E-state index < -0.39 is 0 Å². The highest BCUT2D eigenvalue weighted by Gasteiger charge is 2.31. The molecule has 31 heavy (non-hydrogen) atoms. The number of hydrogen-bond donors (Lipinski definition) is 2. The number of aromatic nitrogens is 3. The zero-order chi connectivity index (χ0) is 21.5. The Hall–Kier alpha value is -3.41. The SMILES string of the molecule is CC(C)CC(=O)c1cc2ccc(C3CCCN3C(=O)c3ccc4[nH]ncc4c3)cc2[nH]1. The van der Waals surface area contributed by atoms with Gasteiger partial charge in [0.15, 0.2) is 5.78 Å². The van der Waals surface area contributed by atoms with Crippen LogP contribution >= 0.6 is 0 Å². The van der Waals surface area contributed by atoms with Gasteiger partial charge in [-0.25, -0.2) is 0 Å². The van der Waals surface area contributed by atoms with Gasteiger partial charge in [-0.1, -0.05) is 26.0 Å². The molecule has 0 spiro atoms. The molecular weight excluding hydrogens is 388 g/mol. The number of carbonyl (C=O) groups excluding carboxylic acids is 2. The van der Waals surface area contributed by atoms with E-state index in [-0.39, 0.29) is 17.7 Å². The molecular formula is C25H26N4O2. The largest absolute Gasteiger partial charge is 0.352 e. The smallest absolute Gasteiger partial charge is 0.254 e. The number of carbonyl (C=O) groups is 2. The molecule has 1 unspecified atom stereocenters. The van der Waals surface area contributed by atoms with Crippen LogP contribution in [0.4, 0.5) is 0 Å². The maximum absolute atomic E-state index is 13.3. The topological polar surface area (TPSA) is 81.8 Å². The van der Waals surface area contributed by atoms with Gasteiger partial charge in [0.2, 0.25) is 0 Å². The Kier molecular flexibility index (Phi) is 4.85. The standard InChI is InChI=1S/C25H26N4O2/c1-15(2)10-24(30)22-12-16-5-6-17(13-21(16)27-22)23-4-3-9-29(23)25(31)18-7-8-20-19(11-18)14-26-28-20/h5-8,11-15,23,27H,3-4,9-10H2,1-2H3,(H,26,28). The van der Waals surface area contributed by atoms with E-state index in [0.717, 1.165) is 46.8 Å². The van der Waals surface area contributed by atoms with Gasteiger partial charge in [0.05, 0.1) is 23.4 Å². The molecule has 6 nitrogen and oxygen atoms in total. The number of rotatable bonds is 5. The Morgan fingerprint density at radius 1 is 1.10 bits per heavy atom. The van der Waals surface area contributed by atoms with Gasteiger partial charge < -0.3 is 9.88 Å². The predicted molar refractivity (Wildman–Crippen MR) is 121 cm³/mol. The van der Waals surface area contributed by atoms with Gasteiger partial charge in [-0.3, -0.25) is 14.7 Å². The molecule has 6 heteroatoms. The third-order valence-electron chi connectivity index (χ3n) is 6.13. The van der Waals surface area contributed by atoms with Crippen LogP contribution in [0, 0.1) is 5.92 Å². The third-order valence-corrected chi connectivity index (χ3v) is 6.13. The van der Waals surface area contributed by atoms with Crippen LogP contribution < -0.4 is 0 Å². The number of nitrogens with one attached hydrogen (secondary N) is 2. The van der Waals surface area contributed by atoms with Crippen LogP contribution in [0.15, 0.2) is 48.7 Å². The summed E-state index contributed by atoms with van der Waals surface area (Å²) in [5, 5.41) is 8.93. The summed E-state index contributed by atoms with van der Waals surface area (Å²) < 4.78 is 0. The van der Waals surface area contributed by atoms with Gasteiger partial charge in [0.1, 0.15) is 0 Å². The quantitative estimate of drug-likeness (QED) is 0.438. The molecule has 5 rings (SSSR count). The van der Waals surface area contributed by atoms with Crippen LogP contribution in [-0.2, 0) is 0 Å². The number of amides is 1. The zero-order valence-corrected chi connectivity index (χ0v) is 17.8. The summed E-state index contributed by atoms with van der Waals surface area (Å²) in [6, 6.07) is 13.9. The number of nitrogens with zero attached hydrogens (tertiary/aromatic N) is 2. The molecule has 0 saturated carbocycles. The summed E-state index contributed by atoms with van der Waals surface area (Å²) in [5.41, 5.74) is 4.32. The van der Waals surface area contributed by atoms with E-state index in [4.69, 9.17) is 0 Å². The van der Waals surface area contributed by atoms with Crippen molar-refractivity contribution < 1.29 is 9.59 Å². The van der Waals surface area contributed by atoms with Crippen LogP contribution in [0.1, 0.15) is 65.6 Å². The summed E-state index contributed by atoms with van der Waals surface area (Å²) in [6.45, 7) is 4.84. The van der Waals surface area contributed by atoms with Crippen molar-refractivity contribution in [3.8, 4) is 0 Å². The maximum atomic E-state index is 13.3. The van der Waals surface area contributed by atoms with E-state index in [1.165, 1.54) is 0 Å². The van der Waals surface area contributed by atoms with E-state index in [1.54, 1.807) is 6.20 Å². The second-order valence-corrected chi connectivity index (χ2v) is 8.88. The molecule has 1 fully saturated rings.